The van der Waals surface area contributed by atoms with Crippen LogP contribution in [0.15, 0.2) is 42.1 Å². The molecule has 0 radical (unpaired) electrons. The van der Waals surface area contributed by atoms with Crippen molar-refractivity contribution >= 4 is 17.7 Å². The molecule has 0 bridgehead atoms. The minimum atomic E-state index is -0.364. The highest BCUT2D eigenvalue weighted by Gasteiger charge is 2.18. The molecule has 5 nitrogen and oxygen atoms in total. The highest BCUT2D eigenvalue weighted by Crippen LogP contribution is 2.25. The number of hydrogen-bond donors (Lipinski definition) is 1. The number of nitrogens with zero attached hydrogens (tertiary/aromatic N) is 3. The van der Waals surface area contributed by atoms with Gasteiger partial charge < -0.3 is 5.32 Å². The molecule has 0 spiro atoms. The maximum atomic E-state index is 14.0. The maximum Gasteiger partial charge on any atom is 0.230 e. The third kappa shape index (κ3) is 4.67. The zero-order valence-electron chi connectivity index (χ0n) is 14.0. The van der Waals surface area contributed by atoms with Crippen LogP contribution >= 0.6 is 11.8 Å². The number of carbonyl (C=O) groups excluding carboxylic acids is 1. The molecule has 0 fully saturated rings. The van der Waals surface area contributed by atoms with Crippen LogP contribution in [0.3, 0.4) is 0 Å². The van der Waals surface area contributed by atoms with Gasteiger partial charge in [0.1, 0.15) is 5.82 Å². The molecule has 2 rings (SSSR count). The van der Waals surface area contributed by atoms with E-state index >= 15 is 0 Å². The van der Waals surface area contributed by atoms with E-state index in [-0.39, 0.29) is 23.0 Å². The summed E-state index contributed by atoms with van der Waals surface area (Å²) in [6.07, 6.45) is 1.69. The summed E-state index contributed by atoms with van der Waals surface area (Å²) in [7, 11) is 0. The summed E-state index contributed by atoms with van der Waals surface area (Å²) in [6, 6.07) is 6.40. The van der Waals surface area contributed by atoms with Crippen molar-refractivity contribution in [2.45, 2.75) is 38.0 Å². The molecule has 0 aliphatic heterocycles. The lowest BCUT2D eigenvalue weighted by Crippen LogP contribution is -2.41. The Balaban J connectivity index is 2.21. The van der Waals surface area contributed by atoms with Crippen LogP contribution < -0.4 is 5.32 Å². The SMILES string of the molecule is C=CCn1c(SCC(=O)NC(C)(C)C)nnc1-c1ccccc1F. The predicted molar refractivity (Wildman–Crippen MR) is 94.2 cm³/mol. The molecule has 0 unspecified atom stereocenters. The van der Waals surface area contributed by atoms with E-state index in [2.05, 4.69) is 22.1 Å². The predicted octanol–water partition coefficient (Wildman–Crippen LogP) is 3.28. The second-order valence-electron chi connectivity index (χ2n) is 6.27. The lowest BCUT2D eigenvalue weighted by atomic mass is 10.1. The Bertz CT molecular complexity index is 736. The molecule has 0 saturated heterocycles. The van der Waals surface area contributed by atoms with Crippen molar-refractivity contribution in [3.8, 4) is 11.4 Å². The first-order chi connectivity index (χ1) is 11.3. The molecule has 7 heteroatoms. The molecule has 1 heterocycles. The van der Waals surface area contributed by atoms with Gasteiger partial charge in [0.2, 0.25) is 5.91 Å². The van der Waals surface area contributed by atoms with Crippen LogP contribution in [-0.4, -0.2) is 32.0 Å². The van der Waals surface area contributed by atoms with Gasteiger partial charge in [0.15, 0.2) is 11.0 Å². The summed E-state index contributed by atoms with van der Waals surface area (Å²) in [6.45, 7) is 9.92. The summed E-state index contributed by atoms with van der Waals surface area (Å²) in [5, 5.41) is 11.6. The van der Waals surface area contributed by atoms with Gasteiger partial charge in [-0.05, 0) is 32.9 Å². The molecular weight excluding hydrogens is 327 g/mol. The topological polar surface area (TPSA) is 59.8 Å². The van der Waals surface area contributed by atoms with Gasteiger partial charge in [0.25, 0.3) is 0 Å². The van der Waals surface area contributed by atoms with E-state index in [4.69, 9.17) is 0 Å². The molecule has 0 saturated carbocycles. The van der Waals surface area contributed by atoms with Crippen LogP contribution in [0.1, 0.15) is 20.8 Å². The molecule has 1 amide bonds. The Hall–Kier alpha value is -2.15. The van der Waals surface area contributed by atoms with Gasteiger partial charge in [0.05, 0.1) is 11.3 Å². The quantitative estimate of drug-likeness (QED) is 0.643. The van der Waals surface area contributed by atoms with E-state index in [1.165, 1.54) is 17.8 Å². The van der Waals surface area contributed by atoms with Crippen molar-refractivity contribution in [1.82, 2.24) is 20.1 Å². The van der Waals surface area contributed by atoms with Crippen molar-refractivity contribution in [3.63, 3.8) is 0 Å². The minimum absolute atomic E-state index is 0.0897. The first-order valence-electron chi connectivity index (χ1n) is 7.54. The van der Waals surface area contributed by atoms with Crippen molar-refractivity contribution in [1.29, 1.82) is 0 Å². The van der Waals surface area contributed by atoms with Gasteiger partial charge in [-0.25, -0.2) is 4.39 Å². The highest BCUT2D eigenvalue weighted by molar-refractivity contribution is 7.99. The fraction of sp³-hybridized carbons (Fsp3) is 0.353. The van der Waals surface area contributed by atoms with E-state index in [1.54, 1.807) is 28.8 Å². The number of benzene rings is 1. The molecule has 2 aromatic rings. The van der Waals surface area contributed by atoms with Gasteiger partial charge in [-0.3, -0.25) is 9.36 Å². The standard InChI is InChI=1S/C17H21FN4OS/c1-5-10-22-15(12-8-6-7-9-13(12)18)20-21-16(22)24-11-14(23)19-17(2,3)4/h5-9H,1,10-11H2,2-4H3,(H,19,23). The number of nitrogens with one attached hydrogen (secondary N) is 1. The lowest BCUT2D eigenvalue weighted by Gasteiger charge is -2.20. The van der Waals surface area contributed by atoms with E-state index in [0.717, 1.165) is 0 Å². The van der Waals surface area contributed by atoms with Crippen LogP contribution in [0, 0.1) is 5.82 Å². The molecule has 0 aliphatic rings. The Morgan fingerprint density at radius 2 is 2.08 bits per heavy atom. The van der Waals surface area contributed by atoms with Gasteiger partial charge in [-0.15, -0.1) is 16.8 Å². The summed E-state index contributed by atoms with van der Waals surface area (Å²) >= 11 is 1.26. The van der Waals surface area contributed by atoms with Crippen LogP contribution in [0.5, 0.6) is 0 Å². The number of rotatable bonds is 6. The first-order valence-corrected chi connectivity index (χ1v) is 8.53. The van der Waals surface area contributed by atoms with Crippen LogP contribution in [0.25, 0.3) is 11.4 Å². The van der Waals surface area contributed by atoms with Gasteiger partial charge >= 0.3 is 0 Å². The highest BCUT2D eigenvalue weighted by atomic mass is 32.2. The van der Waals surface area contributed by atoms with Crippen molar-refractivity contribution in [3.05, 3.63) is 42.7 Å². The average molecular weight is 348 g/mol. The van der Waals surface area contributed by atoms with Gasteiger partial charge in [0, 0.05) is 12.1 Å². The van der Waals surface area contributed by atoms with Gasteiger partial charge in [-0.2, -0.15) is 0 Å². The van der Waals surface area contributed by atoms with Crippen molar-refractivity contribution in [2.24, 2.45) is 0 Å². The molecular formula is C17H21FN4OS. The van der Waals surface area contributed by atoms with E-state index in [9.17, 15) is 9.18 Å². The minimum Gasteiger partial charge on any atom is -0.351 e. The number of aromatic nitrogens is 3. The van der Waals surface area contributed by atoms with Crippen molar-refractivity contribution < 1.29 is 9.18 Å². The van der Waals surface area contributed by atoms with Crippen LogP contribution in [0.2, 0.25) is 0 Å². The molecule has 1 aromatic carbocycles. The molecule has 1 aromatic heterocycles. The Labute approximate surface area is 145 Å². The second-order valence-corrected chi connectivity index (χ2v) is 7.21. The monoisotopic (exact) mass is 348 g/mol. The number of hydrogen-bond acceptors (Lipinski definition) is 4. The van der Waals surface area contributed by atoms with E-state index in [1.807, 2.05) is 20.8 Å². The van der Waals surface area contributed by atoms with Crippen LogP contribution in [-0.2, 0) is 11.3 Å². The summed E-state index contributed by atoms with van der Waals surface area (Å²) in [4.78, 5) is 12.0. The maximum absolute atomic E-state index is 14.0. The second kappa shape index (κ2) is 7.61. The van der Waals surface area contributed by atoms with Crippen molar-refractivity contribution in [2.75, 3.05) is 5.75 Å². The fourth-order valence-electron chi connectivity index (χ4n) is 2.12. The normalized spacial score (nSPS) is 11.3. The molecule has 0 atom stereocenters. The molecule has 24 heavy (non-hydrogen) atoms. The number of halogens is 1. The first kappa shape index (κ1) is 18.2. The molecule has 0 aliphatic carbocycles. The van der Waals surface area contributed by atoms with E-state index < -0.39 is 0 Å². The van der Waals surface area contributed by atoms with Crippen LogP contribution in [0.4, 0.5) is 4.39 Å². The Morgan fingerprint density at radius 1 is 1.38 bits per heavy atom. The number of amides is 1. The third-order valence-corrected chi connectivity index (χ3v) is 3.96. The third-order valence-electron chi connectivity index (χ3n) is 2.99. The summed E-state index contributed by atoms with van der Waals surface area (Å²) in [5.41, 5.74) is 0.0861. The van der Waals surface area contributed by atoms with E-state index in [0.29, 0.717) is 23.1 Å². The largest absolute Gasteiger partial charge is 0.351 e. The lowest BCUT2D eigenvalue weighted by molar-refractivity contribution is -0.119. The number of thioether (sulfide) groups is 1. The van der Waals surface area contributed by atoms with Gasteiger partial charge in [-0.1, -0.05) is 30.0 Å². The number of carbonyl (C=O) groups is 1. The molecule has 1 N–H and O–H groups in total. The molecule has 128 valence electrons. The zero-order chi connectivity index (χ0) is 17.7. The summed E-state index contributed by atoms with van der Waals surface area (Å²) < 4.78 is 15.8. The zero-order valence-corrected chi connectivity index (χ0v) is 14.9. The Morgan fingerprint density at radius 3 is 2.71 bits per heavy atom. The Kier molecular flexibility index (Phi) is 5.77. The summed E-state index contributed by atoms with van der Waals surface area (Å²) in [5.74, 6) is 0.182. The average Bonchev–Trinajstić information content (AvgIpc) is 2.87. The fourth-order valence-corrected chi connectivity index (χ4v) is 2.86. The smallest absolute Gasteiger partial charge is 0.230 e. The number of allylic oxidation sites excluding steroid dienone is 1.